The first-order valence-electron chi connectivity index (χ1n) is 7.90. The SMILES string of the molecule is CCCC(C)OC(C)=O.O=C(O)COc1ccc(Cl)c2cccnc12. The number of benzene rings is 1. The molecule has 0 spiro atoms. The van der Waals surface area contributed by atoms with Crippen LogP contribution in [-0.2, 0) is 14.3 Å². The van der Waals surface area contributed by atoms with Crippen molar-refractivity contribution in [2.75, 3.05) is 6.61 Å². The number of ether oxygens (including phenoxy) is 2. The number of carboxylic acids is 1. The average molecular weight is 368 g/mol. The van der Waals surface area contributed by atoms with Gasteiger partial charge in [-0.3, -0.25) is 9.78 Å². The van der Waals surface area contributed by atoms with Crippen LogP contribution >= 0.6 is 11.6 Å². The Morgan fingerprint density at radius 3 is 2.64 bits per heavy atom. The summed E-state index contributed by atoms with van der Waals surface area (Å²) in [4.78, 5) is 24.8. The van der Waals surface area contributed by atoms with E-state index in [1.807, 2.05) is 6.92 Å². The van der Waals surface area contributed by atoms with Crippen molar-refractivity contribution in [3.63, 3.8) is 0 Å². The van der Waals surface area contributed by atoms with E-state index in [2.05, 4.69) is 11.9 Å². The van der Waals surface area contributed by atoms with Crippen molar-refractivity contribution in [1.82, 2.24) is 4.98 Å². The second-order valence-corrected chi connectivity index (χ2v) is 5.74. The minimum absolute atomic E-state index is 0.0903. The number of aromatic nitrogens is 1. The van der Waals surface area contributed by atoms with Crippen molar-refractivity contribution in [3.8, 4) is 5.75 Å². The van der Waals surface area contributed by atoms with Gasteiger partial charge in [0, 0.05) is 18.5 Å². The van der Waals surface area contributed by atoms with E-state index in [4.69, 9.17) is 26.2 Å². The highest BCUT2D eigenvalue weighted by atomic mass is 35.5. The maximum Gasteiger partial charge on any atom is 0.341 e. The van der Waals surface area contributed by atoms with Gasteiger partial charge in [-0.2, -0.15) is 0 Å². The third kappa shape index (κ3) is 7.39. The van der Waals surface area contributed by atoms with Crippen LogP contribution in [0.2, 0.25) is 5.02 Å². The molecule has 6 nitrogen and oxygen atoms in total. The zero-order valence-electron chi connectivity index (χ0n) is 14.5. The number of carboxylic acid groups (broad SMARTS) is 1. The molecular weight excluding hydrogens is 346 g/mol. The Kier molecular flexibility index (Phi) is 8.70. The number of esters is 1. The van der Waals surface area contributed by atoms with Crippen LogP contribution in [-0.4, -0.2) is 34.7 Å². The lowest BCUT2D eigenvalue weighted by Gasteiger charge is -2.08. The molecule has 0 fully saturated rings. The quantitative estimate of drug-likeness (QED) is 0.774. The third-order valence-corrected chi connectivity index (χ3v) is 3.42. The first-order chi connectivity index (χ1) is 11.8. The van der Waals surface area contributed by atoms with Crippen molar-refractivity contribution in [3.05, 3.63) is 35.5 Å². The fourth-order valence-electron chi connectivity index (χ4n) is 2.12. The van der Waals surface area contributed by atoms with Crippen LogP contribution in [0.15, 0.2) is 30.5 Å². The van der Waals surface area contributed by atoms with Gasteiger partial charge in [0.2, 0.25) is 0 Å². The molecule has 1 aromatic carbocycles. The monoisotopic (exact) mass is 367 g/mol. The maximum atomic E-state index is 10.4. The first kappa shape index (κ1) is 20.7. The molecule has 0 bridgehead atoms. The van der Waals surface area contributed by atoms with Gasteiger partial charge in [-0.1, -0.05) is 24.9 Å². The second kappa shape index (κ2) is 10.5. The van der Waals surface area contributed by atoms with Gasteiger partial charge in [0.25, 0.3) is 0 Å². The van der Waals surface area contributed by atoms with Gasteiger partial charge < -0.3 is 14.6 Å². The van der Waals surface area contributed by atoms with Gasteiger partial charge in [-0.15, -0.1) is 0 Å². The average Bonchev–Trinajstić information content (AvgIpc) is 2.54. The second-order valence-electron chi connectivity index (χ2n) is 5.34. The van der Waals surface area contributed by atoms with Crippen LogP contribution < -0.4 is 4.74 Å². The van der Waals surface area contributed by atoms with E-state index in [0.717, 1.165) is 18.2 Å². The smallest absolute Gasteiger partial charge is 0.341 e. The molecule has 0 saturated carbocycles. The molecule has 1 heterocycles. The fourth-order valence-corrected chi connectivity index (χ4v) is 2.33. The van der Waals surface area contributed by atoms with Gasteiger partial charge in [-0.05, 0) is 37.6 Å². The van der Waals surface area contributed by atoms with Gasteiger partial charge in [-0.25, -0.2) is 4.79 Å². The topological polar surface area (TPSA) is 85.7 Å². The minimum atomic E-state index is -1.03. The Labute approximate surface area is 151 Å². The van der Waals surface area contributed by atoms with E-state index in [9.17, 15) is 9.59 Å². The third-order valence-electron chi connectivity index (χ3n) is 3.09. The Morgan fingerprint density at radius 1 is 1.32 bits per heavy atom. The van der Waals surface area contributed by atoms with E-state index in [-0.39, 0.29) is 12.1 Å². The normalized spacial score (nSPS) is 11.2. The van der Waals surface area contributed by atoms with E-state index >= 15 is 0 Å². The maximum absolute atomic E-state index is 10.4. The zero-order valence-corrected chi connectivity index (χ0v) is 15.2. The molecule has 1 unspecified atom stereocenters. The van der Waals surface area contributed by atoms with Crippen molar-refractivity contribution in [2.45, 2.75) is 39.7 Å². The molecule has 2 rings (SSSR count). The standard InChI is InChI=1S/C11H8ClNO3.C7H14O2/c12-8-3-4-9(16-6-10(14)15)11-7(8)2-1-5-13-11;1-4-5-6(2)9-7(3)8/h1-5H,6H2,(H,14,15);6H,4-5H2,1-3H3. The van der Waals surface area contributed by atoms with Crippen molar-refractivity contribution in [1.29, 1.82) is 0 Å². The van der Waals surface area contributed by atoms with Crippen LogP contribution in [0.5, 0.6) is 5.75 Å². The summed E-state index contributed by atoms with van der Waals surface area (Å²) in [5.74, 6) is -0.794. The molecule has 2 aromatic rings. The molecule has 1 aromatic heterocycles. The van der Waals surface area contributed by atoms with Gasteiger partial charge in [0.15, 0.2) is 6.61 Å². The lowest BCUT2D eigenvalue weighted by molar-refractivity contribution is -0.145. The molecule has 1 N–H and O–H groups in total. The molecule has 0 aliphatic heterocycles. The molecule has 0 aliphatic carbocycles. The number of aliphatic carboxylic acids is 1. The Morgan fingerprint density at radius 2 is 2.04 bits per heavy atom. The number of halogens is 1. The highest BCUT2D eigenvalue weighted by molar-refractivity contribution is 6.35. The lowest BCUT2D eigenvalue weighted by Crippen LogP contribution is -2.11. The Bertz CT molecular complexity index is 720. The number of hydrogen-bond acceptors (Lipinski definition) is 5. The fraction of sp³-hybridized carbons (Fsp3) is 0.389. The highest BCUT2D eigenvalue weighted by Crippen LogP contribution is 2.29. The molecule has 0 amide bonds. The molecule has 7 heteroatoms. The summed E-state index contributed by atoms with van der Waals surface area (Å²) >= 11 is 5.98. The summed E-state index contributed by atoms with van der Waals surface area (Å²) in [6, 6.07) is 6.83. The van der Waals surface area contributed by atoms with Gasteiger partial charge in [0.05, 0.1) is 11.1 Å². The van der Waals surface area contributed by atoms with E-state index < -0.39 is 12.6 Å². The first-order valence-corrected chi connectivity index (χ1v) is 8.28. The van der Waals surface area contributed by atoms with E-state index in [0.29, 0.717) is 16.3 Å². The number of hydrogen-bond donors (Lipinski definition) is 1. The van der Waals surface area contributed by atoms with Crippen LogP contribution in [0.4, 0.5) is 0 Å². The largest absolute Gasteiger partial charge is 0.480 e. The number of fused-ring (bicyclic) bond motifs is 1. The summed E-state index contributed by atoms with van der Waals surface area (Å²) in [6.07, 6.45) is 3.72. The number of nitrogens with zero attached hydrogens (tertiary/aromatic N) is 1. The zero-order chi connectivity index (χ0) is 18.8. The summed E-state index contributed by atoms with van der Waals surface area (Å²) in [5, 5.41) is 9.83. The summed E-state index contributed by atoms with van der Waals surface area (Å²) in [7, 11) is 0. The van der Waals surface area contributed by atoms with E-state index in [1.165, 1.54) is 6.92 Å². The molecule has 25 heavy (non-hydrogen) atoms. The van der Waals surface area contributed by atoms with E-state index in [1.54, 1.807) is 30.5 Å². The molecule has 0 saturated heterocycles. The van der Waals surface area contributed by atoms with Gasteiger partial charge in [0.1, 0.15) is 11.3 Å². The minimum Gasteiger partial charge on any atom is -0.480 e. The van der Waals surface area contributed by atoms with Crippen molar-refractivity contribution >= 4 is 34.4 Å². The lowest BCUT2D eigenvalue weighted by atomic mass is 10.2. The van der Waals surface area contributed by atoms with Crippen LogP contribution in [0.25, 0.3) is 10.9 Å². The summed E-state index contributed by atoms with van der Waals surface area (Å²) in [6.45, 7) is 5.02. The number of carbonyl (C=O) groups is 2. The molecular formula is C18H22ClNO5. The summed E-state index contributed by atoms with van der Waals surface area (Å²) in [5.41, 5.74) is 0.566. The number of pyridine rings is 1. The molecule has 0 aliphatic rings. The number of rotatable bonds is 6. The molecule has 0 radical (unpaired) electrons. The predicted molar refractivity (Wildman–Crippen MR) is 96.0 cm³/mol. The van der Waals surface area contributed by atoms with Crippen molar-refractivity contribution in [2.24, 2.45) is 0 Å². The highest BCUT2D eigenvalue weighted by Gasteiger charge is 2.07. The van der Waals surface area contributed by atoms with Crippen LogP contribution in [0.3, 0.4) is 0 Å². The van der Waals surface area contributed by atoms with Crippen molar-refractivity contribution < 1.29 is 24.2 Å². The van der Waals surface area contributed by atoms with Crippen LogP contribution in [0, 0.1) is 0 Å². The molecule has 1 atom stereocenters. The number of carbonyl (C=O) groups excluding carboxylic acids is 1. The van der Waals surface area contributed by atoms with Gasteiger partial charge >= 0.3 is 11.9 Å². The Hall–Kier alpha value is -2.34. The predicted octanol–water partition coefficient (Wildman–Crippen LogP) is 4.09. The molecule has 136 valence electrons. The summed E-state index contributed by atoms with van der Waals surface area (Å²) < 4.78 is 9.97. The Balaban J connectivity index is 0.000000299. The van der Waals surface area contributed by atoms with Crippen LogP contribution in [0.1, 0.15) is 33.6 Å².